The molecule has 1 N–H and O–H groups in total. The van der Waals surface area contributed by atoms with Crippen molar-refractivity contribution >= 4 is 33.7 Å². The summed E-state index contributed by atoms with van der Waals surface area (Å²) in [5.41, 5.74) is 3.67. The van der Waals surface area contributed by atoms with Crippen molar-refractivity contribution in [2.24, 2.45) is 0 Å². The van der Waals surface area contributed by atoms with Crippen molar-refractivity contribution in [3.63, 3.8) is 0 Å². The third kappa shape index (κ3) is 3.48. The molecule has 1 amide bonds. The molecule has 0 saturated carbocycles. The molecule has 3 aromatic heterocycles. The Bertz CT molecular complexity index is 842. The Morgan fingerprint density at radius 3 is 2.65 bits per heavy atom. The molecule has 0 aliphatic rings. The average Bonchev–Trinajstić information content (AvgIpc) is 3.11. The smallest absolute Gasteiger partial charge is 0.232 e. The van der Waals surface area contributed by atoms with E-state index in [0.29, 0.717) is 5.13 Å². The first kappa shape index (κ1) is 15.8. The molecule has 0 radical (unpaired) electrons. The van der Waals surface area contributed by atoms with Crippen LogP contribution in [0.4, 0.5) is 5.13 Å². The SMILES string of the molecule is Cc1cc(C)n(-c2nc(CC(=O)Nc3nc(C)c(C)s3)cs2)n1. The van der Waals surface area contributed by atoms with Gasteiger partial charge < -0.3 is 5.32 Å². The van der Waals surface area contributed by atoms with Crippen LogP contribution in [0.5, 0.6) is 0 Å². The number of nitrogens with one attached hydrogen (secondary N) is 1. The zero-order valence-corrected chi connectivity index (χ0v) is 15.0. The lowest BCUT2D eigenvalue weighted by atomic mass is 10.3. The van der Waals surface area contributed by atoms with Gasteiger partial charge in [0.2, 0.25) is 11.0 Å². The van der Waals surface area contributed by atoms with E-state index in [4.69, 9.17) is 0 Å². The fourth-order valence-corrected chi connectivity index (χ4v) is 3.81. The van der Waals surface area contributed by atoms with E-state index in [-0.39, 0.29) is 12.3 Å². The zero-order valence-electron chi connectivity index (χ0n) is 13.4. The van der Waals surface area contributed by atoms with Crippen molar-refractivity contribution in [3.05, 3.63) is 39.1 Å². The largest absolute Gasteiger partial charge is 0.302 e. The summed E-state index contributed by atoms with van der Waals surface area (Å²) < 4.78 is 1.80. The minimum atomic E-state index is -0.107. The molecular weight excluding hydrogens is 330 g/mol. The van der Waals surface area contributed by atoms with Gasteiger partial charge in [0.25, 0.3) is 0 Å². The number of carbonyl (C=O) groups excluding carboxylic acids is 1. The number of aryl methyl sites for hydroxylation is 4. The van der Waals surface area contributed by atoms with E-state index in [1.807, 2.05) is 39.1 Å². The lowest BCUT2D eigenvalue weighted by molar-refractivity contribution is -0.115. The summed E-state index contributed by atoms with van der Waals surface area (Å²) in [5.74, 6) is -0.107. The van der Waals surface area contributed by atoms with E-state index in [0.717, 1.165) is 32.8 Å². The molecule has 0 bridgehead atoms. The summed E-state index contributed by atoms with van der Waals surface area (Å²) in [4.78, 5) is 22.0. The normalized spacial score (nSPS) is 11.0. The number of hydrogen-bond acceptors (Lipinski definition) is 6. The average molecular weight is 347 g/mol. The van der Waals surface area contributed by atoms with Crippen LogP contribution in [0.25, 0.3) is 5.13 Å². The van der Waals surface area contributed by atoms with Crippen molar-refractivity contribution < 1.29 is 4.79 Å². The molecule has 23 heavy (non-hydrogen) atoms. The fourth-order valence-electron chi connectivity index (χ4n) is 2.15. The van der Waals surface area contributed by atoms with Crippen molar-refractivity contribution in [1.82, 2.24) is 19.7 Å². The molecule has 0 spiro atoms. The van der Waals surface area contributed by atoms with Crippen molar-refractivity contribution in [3.8, 4) is 5.13 Å². The van der Waals surface area contributed by atoms with Gasteiger partial charge in [0.1, 0.15) is 0 Å². The van der Waals surface area contributed by atoms with Gasteiger partial charge in [-0.25, -0.2) is 14.6 Å². The van der Waals surface area contributed by atoms with Gasteiger partial charge in [0.05, 0.1) is 23.5 Å². The second-order valence-electron chi connectivity index (χ2n) is 5.35. The van der Waals surface area contributed by atoms with Crippen LogP contribution >= 0.6 is 22.7 Å². The Kier molecular flexibility index (Phi) is 4.27. The molecule has 120 valence electrons. The number of amides is 1. The number of aromatic nitrogens is 4. The third-order valence-corrected chi connectivity index (χ3v) is 5.20. The van der Waals surface area contributed by atoms with Crippen LogP contribution in [0.1, 0.15) is 27.7 Å². The molecule has 0 fully saturated rings. The number of hydrogen-bond donors (Lipinski definition) is 1. The Hall–Kier alpha value is -2.06. The van der Waals surface area contributed by atoms with Gasteiger partial charge in [-0.3, -0.25) is 4.79 Å². The molecule has 0 aromatic carbocycles. The molecule has 0 saturated heterocycles. The van der Waals surface area contributed by atoms with E-state index in [1.54, 1.807) is 4.68 Å². The third-order valence-electron chi connectivity index (χ3n) is 3.35. The Labute approximate surface area is 142 Å². The standard InChI is InChI=1S/C15H17N5OS2/c1-8-5-9(2)20(19-8)15-17-12(7-22-15)6-13(21)18-14-16-10(3)11(4)23-14/h5,7H,6H2,1-4H3,(H,16,18,21). The molecule has 8 heteroatoms. The predicted octanol–water partition coefficient (Wildman–Crippen LogP) is 3.20. The van der Waals surface area contributed by atoms with Gasteiger partial charge in [-0.05, 0) is 33.8 Å². The van der Waals surface area contributed by atoms with Crippen molar-refractivity contribution in [1.29, 1.82) is 0 Å². The number of carbonyl (C=O) groups is 1. The zero-order chi connectivity index (χ0) is 16.6. The fraction of sp³-hybridized carbons (Fsp3) is 0.333. The van der Waals surface area contributed by atoms with Crippen molar-refractivity contribution in [2.45, 2.75) is 34.1 Å². The Morgan fingerprint density at radius 1 is 1.26 bits per heavy atom. The first-order chi connectivity index (χ1) is 10.9. The van der Waals surface area contributed by atoms with Gasteiger partial charge in [0.15, 0.2) is 5.13 Å². The van der Waals surface area contributed by atoms with Gasteiger partial charge in [-0.2, -0.15) is 5.10 Å². The van der Waals surface area contributed by atoms with Crippen LogP contribution in [0.2, 0.25) is 0 Å². The van der Waals surface area contributed by atoms with E-state index in [1.165, 1.54) is 22.7 Å². The quantitative estimate of drug-likeness (QED) is 0.786. The molecule has 3 aromatic rings. The van der Waals surface area contributed by atoms with Gasteiger partial charge in [-0.15, -0.1) is 22.7 Å². The number of rotatable bonds is 4. The summed E-state index contributed by atoms with van der Waals surface area (Å²) in [7, 11) is 0. The molecular formula is C15H17N5OS2. The lowest BCUT2D eigenvalue weighted by Gasteiger charge is -1.99. The summed E-state index contributed by atoms with van der Waals surface area (Å²) in [6.45, 7) is 7.86. The second kappa shape index (κ2) is 6.21. The first-order valence-corrected chi connectivity index (χ1v) is 8.84. The van der Waals surface area contributed by atoms with Gasteiger partial charge >= 0.3 is 0 Å². The van der Waals surface area contributed by atoms with Crippen LogP contribution in [-0.4, -0.2) is 25.7 Å². The number of thiazole rings is 2. The van der Waals surface area contributed by atoms with Crippen molar-refractivity contribution in [2.75, 3.05) is 5.32 Å². The lowest BCUT2D eigenvalue weighted by Crippen LogP contribution is -2.14. The topological polar surface area (TPSA) is 72.7 Å². The molecule has 3 rings (SSSR count). The summed E-state index contributed by atoms with van der Waals surface area (Å²) >= 11 is 2.97. The molecule has 6 nitrogen and oxygen atoms in total. The molecule has 0 aliphatic heterocycles. The summed E-state index contributed by atoms with van der Waals surface area (Å²) in [6.07, 6.45) is 0.230. The summed E-state index contributed by atoms with van der Waals surface area (Å²) in [6, 6.07) is 2.00. The minimum Gasteiger partial charge on any atom is -0.302 e. The highest BCUT2D eigenvalue weighted by Crippen LogP contribution is 2.22. The monoisotopic (exact) mass is 347 g/mol. The predicted molar refractivity (Wildman–Crippen MR) is 92.6 cm³/mol. The molecule has 0 aliphatic carbocycles. The van der Waals surface area contributed by atoms with Crippen LogP contribution < -0.4 is 5.32 Å². The highest BCUT2D eigenvalue weighted by atomic mass is 32.1. The van der Waals surface area contributed by atoms with E-state index in [2.05, 4.69) is 20.4 Å². The van der Waals surface area contributed by atoms with Crippen LogP contribution in [0.15, 0.2) is 11.4 Å². The second-order valence-corrected chi connectivity index (χ2v) is 7.39. The van der Waals surface area contributed by atoms with E-state index >= 15 is 0 Å². The van der Waals surface area contributed by atoms with Gasteiger partial charge in [0, 0.05) is 16.0 Å². The van der Waals surface area contributed by atoms with Crippen LogP contribution in [-0.2, 0) is 11.2 Å². The number of anilines is 1. The highest BCUT2D eigenvalue weighted by Gasteiger charge is 2.13. The Balaban J connectivity index is 1.69. The maximum Gasteiger partial charge on any atom is 0.232 e. The molecule has 3 heterocycles. The summed E-state index contributed by atoms with van der Waals surface area (Å²) in [5, 5.41) is 10.5. The van der Waals surface area contributed by atoms with Crippen LogP contribution in [0.3, 0.4) is 0 Å². The van der Waals surface area contributed by atoms with E-state index in [9.17, 15) is 4.79 Å². The minimum absolute atomic E-state index is 0.107. The Morgan fingerprint density at radius 2 is 2.04 bits per heavy atom. The molecule has 0 unspecified atom stereocenters. The highest BCUT2D eigenvalue weighted by molar-refractivity contribution is 7.15. The maximum absolute atomic E-state index is 12.1. The number of nitrogens with zero attached hydrogens (tertiary/aromatic N) is 4. The first-order valence-electron chi connectivity index (χ1n) is 7.14. The van der Waals surface area contributed by atoms with Gasteiger partial charge in [-0.1, -0.05) is 0 Å². The van der Waals surface area contributed by atoms with E-state index < -0.39 is 0 Å². The van der Waals surface area contributed by atoms with Crippen LogP contribution in [0, 0.1) is 27.7 Å². The maximum atomic E-state index is 12.1. The molecule has 0 atom stereocenters.